The molecular weight excluding hydrogens is 186 g/mol. The Morgan fingerprint density at radius 3 is 2.93 bits per heavy atom. The Labute approximate surface area is 90.0 Å². The van der Waals surface area contributed by atoms with Crippen molar-refractivity contribution >= 4 is 0 Å². The molecule has 2 aromatic heterocycles. The van der Waals surface area contributed by atoms with E-state index in [9.17, 15) is 0 Å². The molecule has 0 atom stereocenters. The van der Waals surface area contributed by atoms with Gasteiger partial charge in [-0.05, 0) is 30.7 Å². The Balaban J connectivity index is 2.14. The molecule has 0 radical (unpaired) electrons. The van der Waals surface area contributed by atoms with E-state index in [0.29, 0.717) is 0 Å². The number of hydrogen-bond acceptors (Lipinski definition) is 2. The molecule has 0 amide bonds. The molecule has 2 heterocycles. The van der Waals surface area contributed by atoms with Crippen molar-refractivity contribution in [2.45, 2.75) is 26.2 Å². The fourth-order valence-corrected chi connectivity index (χ4v) is 1.53. The lowest BCUT2D eigenvalue weighted by atomic mass is 10.2. The van der Waals surface area contributed by atoms with Crippen LogP contribution in [0.1, 0.15) is 25.5 Å². The number of aromatic nitrogens is 1. The van der Waals surface area contributed by atoms with Crippen molar-refractivity contribution in [1.82, 2.24) is 4.98 Å². The van der Waals surface area contributed by atoms with Crippen LogP contribution in [0, 0.1) is 0 Å². The summed E-state index contributed by atoms with van der Waals surface area (Å²) >= 11 is 0. The lowest BCUT2D eigenvalue weighted by Gasteiger charge is -1.96. The number of furan rings is 1. The monoisotopic (exact) mass is 201 g/mol. The van der Waals surface area contributed by atoms with Crippen molar-refractivity contribution < 1.29 is 4.42 Å². The number of rotatable bonds is 4. The van der Waals surface area contributed by atoms with Gasteiger partial charge in [-0.15, -0.1) is 0 Å². The molecule has 2 heteroatoms. The van der Waals surface area contributed by atoms with Crippen LogP contribution in [0.4, 0.5) is 0 Å². The first kappa shape index (κ1) is 9.97. The number of aryl methyl sites for hydroxylation is 1. The second kappa shape index (κ2) is 4.78. The van der Waals surface area contributed by atoms with Crippen LogP contribution < -0.4 is 0 Å². The van der Waals surface area contributed by atoms with Crippen LogP contribution in [0.5, 0.6) is 0 Å². The Morgan fingerprint density at radius 1 is 1.27 bits per heavy atom. The van der Waals surface area contributed by atoms with Crippen LogP contribution >= 0.6 is 0 Å². The van der Waals surface area contributed by atoms with Gasteiger partial charge in [-0.3, -0.25) is 4.98 Å². The highest BCUT2D eigenvalue weighted by Crippen LogP contribution is 2.21. The molecule has 78 valence electrons. The smallest absolute Gasteiger partial charge is 0.135 e. The van der Waals surface area contributed by atoms with Crippen LogP contribution in [0.25, 0.3) is 11.3 Å². The van der Waals surface area contributed by atoms with E-state index in [1.165, 1.54) is 12.8 Å². The predicted molar refractivity (Wildman–Crippen MR) is 60.6 cm³/mol. The summed E-state index contributed by atoms with van der Waals surface area (Å²) in [5, 5.41) is 0. The Hall–Kier alpha value is -1.57. The largest absolute Gasteiger partial charge is 0.461 e. The van der Waals surface area contributed by atoms with Gasteiger partial charge >= 0.3 is 0 Å². The average Bonchev–Trinajstić information content (AvgIpc) is 2.76. The first-order valence-corrected chi connectivity index (χ1v) is 5.39. The lowest BCUT2D eigenvalue weighted by Crippen LogP contribution is -1.79. The summed E-state index contributed by atoms with van der Waals surface area (Å²) < 4.78 is 5.73. The van der Waals surface area contributed by atoms with E-state index in [4.69, 9.17) is 4.42 Å². The molecule has 2 nitrogen and oxygen atoms in total. The second-order valence-electron chi connectivity index (χ2n) is 3.61. The zero-order valence-corrected chi connectivity index (χ0v) is 8.94. The Kier molecular flexibility index (Phi) is 3.18. The van der Waals surface area contributed by atoms with Crippen LogP contribution in [0.15, 0.2) is 41.1 Å². The average molecular weight is 201 g/mol. The van der Waals surface area contributed by atoms with Gasteiger partial charge in [0.25, 0.3) is 0 Å². The van der Waals surface area contributed by atoms with Crippen molar-refractivity contribution in [2.24, 2.45) is 0 Å². The highest BCUT2D eigenvalue weighted by Gasteiger charge is 2.03. The fourth-order valence-electron chi connectivity index (χ4n) is 1.53. The van der Waals surface area contributed by atoms with Gasteiger partial charge < -0.3 is 4.42 Å². The molecule has 2 aromatic rings. The van der Waals surface area contributed by atoms with E-state index in [-0.39, 0.29) is 0 Å². The molecule has 0 aliphatic carbocycles. The number of nitrogens with zero attached hydrogens (tertiary/aromatic N) is 1. The highest BCUT2D eigenvalue weighted by atomic mass is 16.3. The molecule has 15 heavy (non-hydrogen) atoms. The van der Waals surface area contributed by atoms with E-state index in [1.807, 2.05) is 24.4 Å². The Bertz CT molecular complexity index is 405. The van der Waals surface area contributed by atoms with Crippen molar-refractivity contribution in [2.75, 3.05) is 0 Å². The van der Waals surface area contributed by atoms with E-state index >= 15 is 0 Å². The Morgan fingerprint density at radius 2 is 2.20 bits per heavy atom. The van der Waals surface area contributed by atoms with Gasteiger partial charge in [0.2, 0.25) is 0 Å². The van der Waals surface area contributed by atoms with E-state index in [2.05, 4.69) is 18.0 Å². The maximum absolute atomic E-state index is 5.73. The van der Waals surface area contributed by atoms with E-state index in [0.717, 1.165) is 23.5 Å². The lowest BCUT2D eigenvalue weighted by molar-refractivity contribution is 0.512. The number of hydrogen-bond donors (Lipinski definition) is 0. The molecule has 0 spiro atoms. The molecule has 0 N–H and O–H groups in total. The molecule has 0 bridgehead atoms. The molecular formula is C13H15NO. The topological polar surface area (TPSA) is 26.0 Å². The zero-order valence-electron chi connectivity index (χ0n) is 8.94. The first-order chi connectivity index (χ1) is 7.40. The van der Waals surface area contributed by atoms with Crippen molar-refractivity contribution in [3.63, 3.8) is 0 Å². The van der Waals surface area contributed by atoms with E-state index < -0.39 is 0 Å². The summed E-state index contributed by atoms with van der Waals surface area (Å²) in [4.78, 5) is 4.07. The molecule has 0 saturated heterocycles. The first-order valence-electron chi connectivity index (χ1n) is 5.39. The van der Waals surface area contributed by atoms with Crippen LogP contribution in [0.2, 0.25) is 0 Å². The van der Waals surface area contributed by atoms with Gasteiger partial charge in [-0.25, -0.2) is 0 Å². The molecule has 0 fully saturated rings. The summed E-state index contributed by atoms with van der Waals surface area (Å²) in [6.45, 7) is 2.19. The third-order valence-electron chi connectivity index (χ3n) is 2.38. The summed E-state index contributed by atoms with van der Waals surface area (Å²) in [6.07, 6.45) is 6.99. The maximum Gasteiger partial charge on any atom is 0.135 e. The van der Waals surface area contributed by atoms with Crippen LogP contribution in [-0.2, 0) is 6.42 Å². The van der Waals surface area contributed by atoms with Gasteiger partial charge in [0.15, 0.2) is 0 Å². The minimum Gasteiger partial charge on any atom is -0.461 e. The van der Waals surface area contributed by atoms with Gasteiger partial charge in [-0.2, -0.15) is 0 Å². The summed E-state index contributed by atoms with van der Waals surface area (Å²) in [6, 6.07) is 8.00. The number of unbranched alkanes of at least 4 members (excludes halogenated alkanes) is 1. The third kappa shape index (κ3) is 2.46. The standard InChI is InChI=1S/C13H15NO/c1-2-3-6-12-7-8-13(15-12)11-5-4-9-14-10-11/h4-5,7-10H,2-3,6H2,1H3. The summed E-state index contributed by atoms with van der Waals surface area (Å²) in [5.41, 5.74) is 1.04. The van der Waals surface area contributed by atoms with Gasteiger partial charge in [0, 0.05) is 24.4 Å². The van der Waals surface area contributed by atoms with Crippen molar-refractivity contribution in [3.8, 4) is 11.3 Å². The van der Waals surface area contributed by atoms with Crippen molar-refractivity contribution in [3.05, 3.63) is 42.4 Å². The minimum atomic E-state index is 0.911. The molecule has 0 aliphatic heterocycles. The molecule has 0 saturated carbocycles. The minimum absolute atomic E-state index is 0.911. The quantitative estimate of drug-likeness (QED) is 0.754. The molecule has 0 aromatic carbocycles. The normalized spacial score (nSPS) is 10.5. The van der Waals surface area contributed by atoms with Gasteiger partial charge in [0.05, 0.1) is 0 Å². The zero-order chi connectivity index (χ0) is 10.5. The van der Waals surface area contributed by atoms with E-state index in [1.54, 1.807) is 6.20 Å². The second-order valence-corrected chi connectivity index (χ2v) is 3.61. The van der Waals surface area contributed by atoms with Crippen LogP contribution in [0.3, 0.4) is 0 Å². The van der Waals surface area contributed by atoms with Gasteiger partial charge in [0.1, 0.15) is 11.5 Å². The summed E-state index contributed by atoms with van der Waals surface area (Å²) in [5.74, 6) is 1.98. The third-order valence-corrected chi connectivity index (χ3v) is 2.38. The van der Waals surface area contributed by atoms with Crippen LogP contribution in [-0.4, -0.2) is 4.98 Å². The molecule has 2 rings (SSSR count). The fraction of sp³-hybridized carbons (Fsp3) is 0.308. The molecule has 0 unspecified atom stereocenters. The summed E-state index contributed by atoms with van der Waals surface area (Å²) in [7, 11) is 0. The molecule has 0 aliphatic rings. The number of pyridine rings is 1. The van der Waals surface area contributed by atoms with Crippen molar-refractivity contribution in [1.29, 1.82) is 0 Å². The SMILES string of the molecule is CCCCc1ccc(-c2cccnc2)o1. The highest BCUT2D eigenvalue weighted by molar-refractivity contribution is 5.55. The predicted octanol–water partition coefficient (Wildman–Crippen LogP) is 3.68. The van der Waals surface area contributed by atoms with Gasteiger partial charge in [-0.1, -0.05) is 13.3 Å². The maximum atomic E-state index is 5.73.